The molecule has 0 radical (unpaired) electrons. The molecular weight excluding hydrogens is 76.1 g/mol. The van der Waals surface area contributed by atoms with Gasteiger partial charge in [0.25, 0.3) is 0 Å². The molecule has 34 valence electrons. The molecule has 0 spiro atoms. The first-order chi connectivity index (χ1) is 2.91. The summed E-state index contributed by atoms with van der Waals surface area (Å²) in [4.78, 5) is 7.21. The van der Waals surface area contributed by atoms with Crippen LogP contribution >= 0.6 is 0 Å². The molecule has 0 saturated heterocycles. The topological polar surface area (TPSA) is 24.7 Å². The van der Waals surface area contributed by atoms with E-state index >= 15 is 0 Å². The number of rotatable bonds is 2. The molecule has 0 aliphatic heterocycles. The number of nitrogens with zero attached hydrogens (tertiary/aromatic N) is 2. The lowest BCUT2D eigenvalue weighted by atomic mass is 10.9. The predicted octanol–water partition coefficient (Wildman–Crippen LogP) is 0.735. The Balaban J connectivity index is 2.85. The SMILES string of the molecule is C=NCN=CC. The molecule has 0 aliphatic carbocycles. The lowest BCUT2D eigenvalue weighted by Gasteiger charge is -1.73. The minimum absolute atomic E-state index is 0.497. The first-order valence-electron chi connectivity index (χ1n) is 1.78. The van der Waals surface area contributed by atoms with Crippen molar-refractivity contribution in [1.29, 1.82) is 0 Å². The summed E-state index contributed by atoms with van der Waals surface area (Å²) in [5.74, 6) is 0. The van der Waals surface area contributed by atoms with Gasteiger partial charge in [-0.15, -0.1) is 0 Å². The molecule has 2 nitrogen and oxygen atoms in total. The van der Waals surface area contributed by atoms with Crippen molar-refractivity contribution in [3.8, 4) is 0 Å². The molecule has 0 bridgehead atoms. The lowest BCUT2D eigenvalue weighted by Crippen LogP contribution is -1.67. The molecule has 2 heteroatoms. The van der Waals surface area contributed by atoms with Gasteiger partial charge >= 0.3 is 0 Å². The fourth-order valence-corrected chi connectivity index (χ4v) is 0.139. The summed E-state index contributed by atoms with van der Waals surface area (Å²) in [6.07, 6.45) is 1.70. The Bertz CT molecular complexity index is 56.6. The smallest absolute Gasteiger partial charge is 0.128 e. The van der Waals surface area contributed by atoms with Gasteiger partial charge in [0.2, 0.25) is 0 Å². The second-order valence-electron chi connectivity index (χ2n) is 0.806. The molecule has 0 aromatic carbocycles. The van der Waals surface area contributed by atoms with Gasteiger partial charge < -0.3 is 0 Å². The third-order valence-corrected chi connectivity index (χ3v) is 0.364. The molecule has 0 rings (SSSR count). The Morgan fingerprint density at radius 2 is 2.50 bits per heavy atom. The van der Waals surface area contributed by atoms with Crippen LogP contribution < -0.4 is 0 Å². The van der Waals surface area contributed by atoms with Gasteiger partial charge in [-0.2, -0.15) is 0 Å². The van der Waals surface area contributed by atoms with Gasteiger partial charge in [0.05, 0.1) is 0 Å². The van der Waals surface area contributed by atoms with Crippen LogP contribution in [0.2, 0.25) is 0 Å². The highest BCUT2D eigenvalue weighted by molar-refractivity contribution is 5.53. The highest BCUT2D eigenvalue weighted by Crippen LogP contribution is 1.62. The maximum absolute atomic E-state index is 3.74. The largest absolute Gasteiger partial charge is 0.278 e. The fourth-order valence-electron chi connectivity index (χ4n) is 0.139. The van der Waals surface area contributed by atoms with Crippen LogP contribution in [0.4, 0.5) is 0 Å². The van der Waals surface area contributed by atoms with Crippen molar-refractivity contribution >= 4 is 12.9 Å². The van der Waals surface area contributed by atoms with Crippen LogP contribution in [0.3, 0.4) is 0 Å². The Labute approximate surface area is 37.6 Å². The van der Waals surface area contributed by atoms with E-state index in [4.69, 9.17) is 0 Å². The molecule has 0 fully saturated rings. The van der Waals surface area contributed by atoms with Crippen molar-refractivity contribution in [1.82, 2.24) is 0 Å². The van der Waals surface area contributed by atoms with E-state index < -0.39 is 0 Å². The van der Waals surface area contributed by atoms with Crippen molar-refractivity contribution in [2.75, 3.05) is 6.67 Å². The lowest BCUT2D eigenvalue weighted by molar-refractivity contribution is 1.09. The molecule has 0 N–H and O–H groups in total. The summed E-state index contributed by atoms with van der Waals surface area (Å²) in [5.41, 5.74) is 0. The van der Waals surface area contributed by atoms with Gasteiger partial charge in [-0.05, 0) is 19.9 Å². The molecular formula is C4H8N2. The molecule has 0 saturated carbocycles. The maximum atomic E-state index is 3.74. The van der Waals surface area contributed by atoms with E-state index in [1.165, 1.54) is 0 Å². The van der Waals surface area contributed by atoms with Crippen molar-refractivity contribution in [2.45, 2.75) is 6.92 Å². The summed E-state index contributed by atoms with van der Waals surface area (Å²) < 4.78 is 0. The van der Waals surface area contributed by atoms with E-state index in [9.17, 15) is 0 Å². The van der Waals surface area contributed by atoms with Crippen molar-refractivity contribution in [3.05, 3.63) is 0 Å². The molecule has 6 heavy (non-hydrogen) atoms. The third-order valence-electron chi connectivity index (χ3n) is 0.364. The molecule has 0 amide bonds. The van der Waals surface area contributed by atoms with Crippen LogP contribution in [0.25, 0.3) is 0 Å². The van der Waals surface area contributed by atoms with Crippen molar-refractivity contribution in [3.63, 3.8) is 0 Å². The second-order valence-corrected chi connectivity index (χ2v) is 0.806. The van der Waals surface area contributed by atoms with Gasteiger partial charge in [0.15, 0.2) is 0 Å². The van der Waals surface area contributed by atoms with Crippen LogP contribution in [-0.4, -0.2) is 19.6 Å². The first-order valence-corrected chi connectivity index (χ1v) is 1.78. The highest BCUT2D eigenvalue weighted by atomic mass is 14.9. The zero-order valence-corrected chi connectivity index (χ0v) is 3.89. The quantitative estimate of drug-likeness (QED) is 0.441. The summed E-state index contributed by atoms with van der Waals surface area (Å²) in [6, 6.07) is 0. The number of aliphatic imine (C=N–C) groups is 2. The summed E-state index contributed by atoms with van der Waals surface area (Å²) in [6.45, 7) is 5.58. The molecule has 0 aromatic rings. The van der Waals surface area contributed by atoms with Crippen LogP contribution in [0.5, 0.6) is 0 Å². The van der Waals surface area contributed by atoms with Gasteiger partial charge in [-0.3, -0.25) is 9.98 Å². The van der Waals surface area contributed by atoms with E-state index in [0.717, 1.165) is 0 Å². The monoisotopic (exact) mass is 84.1 g/mol. The molecule has 0 atom stereocenters. The number of hydrogen-bond acceptors (Lipinski definition) is 2. The first kappa shape index (κ1) is 5.34. The van der Waals surface area contributed by atoms with E-state index in [1.807, 2.05) is 6.92 Å². The molecule has 0 aromatic heterocycles. The minimum Gasteiger partial charge on any atom is -0.278 e. The van der Waals surface area contributed by atoms with E-state index in [2.05, 4.69) is 16.7 Å². The average Bonchev–Trinajstić information content (AvgIpc) is 1.61. The van der Waals surface area contributed by atoms with Crippen LogP contribution in [0, 0.1) is 0 Å². The van der Waals surface area contributed by atoms with Crippen LogP contribution in [-0.2, 0) is 0 Å². The Kier molecular flexibility index (Phi) is 3.86. The van der Waals surface area contributed by atoms with E-state index in [0.29, 0.717) is 6.67 Å². The summed E-state index contributed by atoms with van der Waals surface area (Å²) >= 11 is 0. The van der Waals surface area contributed by atoms with E-state index in [1.54, 1.807) is 6.21 Å². The molecule has 0 aliphatic rings. The second kappa shape index (κ2) is 4.34. The summed E-state index contributed by atoms with van der Waals surface area (Å²) in [5, 5.41) is 0. The Hall–Kier alpha value is -0.660. The van der Waals surface area contributed by atoms with Crippen LogP contribution in [0.1, 0.15) is 6.92 Å². The zero-order valence-electron chi connectivity index (χ0n) is 3.89. The zero-order chi connectivity index (χ0) is 4.83. The maximum Gasteiger partial charge on any atom is 0.128 e. The third kappa shape index (κ3) is 3.34. The highest BCUT2D eigenvalue weighted by Gasteiger charge is 1.56. The standard InChI is InChI=1S/C4H8N2/c1-3-6-4-5-2/h3H,2,4H2,1H3. The number of hydrogen-bond donors (Lipinski definition) is 0. The van der Waals surface area contributed by atoms with Gasteiger partial charge in [-0.25, -0.2) is 0 Å². The normalized spacial score (nSPS) is 9.50. The Morgan fingerprint density at radius 1 is 1.83 bits per heavy atom. The van der Waals surface area contributed by atoms with Crippen LogP contribution in [0.15, 0.2) is 9.98 Å². The molecule has 0 heterocycles. The molecule has 0 unspecified atom stereocenters. The average molecular weight is 84.1 g/mol. The Morgan fingerprint density at radius 3 is 2.67 bits per heavy atom. The minimum atomic E-state index is 0.497. The van der Waals surface area contributed by atoms with Crippen molar-refractivity contribution < 1.29 is 0 Å². The predicted molar refractivity (Wildman–Crippen MR) is 28.6 cm³/mol. The van der Waals surface area contributed by atoms with E-state index in [-0.39, 0.29) is 0 Å². The summed E-state index contributed by atoms with van der Waals surface area (Å²) in [7, 11) is 0. The van der Waals surface area contributed by atoms with Gasteiger partial charge in [0, 0.05) is 0 Å². The fraction of sp³-hybridized carbons (Fsp3) is 0.500. The van der Waals surface area contributed by atoms with Crippen molar-refractivity contribution in [2.24, 2.45) is 9.98 Å². The van der Waals surface area contributed by atoms with Gasteiger partial charge in [0.1, 0.15) is 6.67 Å². The van der Waals surface area contributed by atoms with Gasteiger partial charge in [-0.1, -0.05) is 0 Å².